The molecule has 1 nitrogen and oxygen atoms in total. The van der Waals surface area contributed by atoms with Gasteiger partial charge in [-0.25, -0.2) is 0 Å². The lowest BCUT2D eigenvalue weighted by molar-refractivity contribution is 0.424. The third kappa shape index (κ3) is 5.94. The van der Waals surface area contributed by atoms with E-state index < -0.39 is 0 Å². The fraction of sp³-hybridized carbons (Fsp3) is 0.571. The summed E-state index contributed by atoms with van der Waals surface area (Å²) < 4.78 is 1.20. The van der Waals surface area contributed by atoms with Crippen LogP contribution in [0.3, 0.4) is 0 Å². The average Bonchev–Trinajstić information content (AvgIpc) is 2.23. The molecule has 0 aromatic heterocycles. The average molecular weight is 316 g/mol. The monoisotopic (exact) mass is 315 g/mol. The molecule has 96 valence electrons. The van der Waals surface area contributed by atoms with Crippen molar-refractivity contribution in [2.24, 2.45) is 0 Å². The first-order valence-electron chi connectivity index (χ1n) is 6.08. The summed E-state index contributed by atoms with van der Waals surface area (Å²) in [5.74, 6) is 1.19. The highest BCUT2D eigenvalue weighted by atomic mass is 79.9. The van der Waals surface area contributed by atoms with Gasteiger partial charge >= 0.3 is 0 Å². The third-order valence-electron chi connectivity index (χ3n) is 2.31. The Morgan fingerprint density at radius 2 is 2.00 bits per heavy atom. The number of halogens is 1. The van der Waals surface area contributed by atoms with Crippen molar-refractivity contribution in [1.29, 1.82) is 0 Å². The topological polar surface area (TPSA) is 12.0 Å². The van der Waals surface area contributed by atoms with Crippen LogP contribution in [-0.2, 0) is 6.54 Å². The van der Waals surface area contributed by atoms with Crippen LogP contribution in [0.5, 0.6) is 0 Å². The molecule has 0 atom stereocenters. The van der Waals surface area contributed by atoms with Gasteiger partial charge in [-0.1, -0.05) is 28.9 Å². The second-order valence-electron chi connectivity index (χ2n) is 5.21. The van der Waals surface area contributed by atoms with Crippen LogP contribution in [0.15, 0.2) is 27.6 Å². The maximum atomic E-state index is 3.65. The Bertz CT molecular complexity index is 358. The molecule has 0 amide bonds. The van der Waals surface area contributed by atoms with Crippen molar-refractivity contribution < 1.29 is 0 Å². The van der Waals surface area contributed by atoms with Gasteiger partial charge < -0.3 is 5.32 Å². The fourth-order valence-corrected chi connectivity index (χ4v) is 2.82. The van der Waals surface area contributed by atoms with E-state index in [4.69, 9.17) is 0 Å². The maximum absolute atomic E-state index is 3.65. The number of nitrogens with one attached hydrogen (secondary N) is 1. The van der Waals surface area contributed by atoms with Crippen molar-refractivity contribution in [3.05, 3.63) is 28.2 Å². The van der Waals surface area contributed by atoms with Crippen LogP contribution in [0.1, 0.15) is 39.7 Å². The summed E-state index contributed by atoms with van der Waals surface area (Å²) in [4.78, 5) is 1.35. The molecule has 0 spiro atoms. The Hall–Kier alpha value is 0.01000. The summed E-state index contributed by atoms with van der Waals surface area (Å²) in [5, 5.41) is 3.50. The molecule has 1 N–H and O–H groups in total. The molecule has 0 aliphatic heterocycles. The van der Waals surface area contributed by atoms with Gasteiger partial charge in [0.1, 0.15) is 0 Å². The smallest absolute Gasteiger partial charge is 0.0231 e. The van der Waals surface area contributed by atoms with Crippen LogP contribution in [0, 0.1) is 0 Å². The highest BCUT2D eigenvalue weighted by Crippen LogP contribution is 2.26. The first-order chi connectivity index (χ1) is 7.92. The lowest BCUT2D eigenvalue weighted by Crippen LogP contribution is -2.35. The summed E-state index contributed by atoms with van der Waals surface area (Å²) in [5.41, 5.74) is 1.48. The summed E-state index contributed by atoms with van der Waals surface area (Å²) in [6.45, 7) is 9.68. The van der Waals surface area contributed by atoms with Gasteiger partial charge in [0.05, 0.1) is 0 Å². The number of thioether (sulfide) groups is 1. The minimum atomic E-state index is 0.162. The molecule has 1 rings (SSSR count). The van der Waals surface area contributed by atoms with Crippen molar-refractivity contribution in [1.82, 2.24) is 5.32 Å². The van der Waals surface area contributed by atoms with Crippen LogP contribution >= 0.6 is 27.7 Å². The van der Waals surface area contributed by atoms with E-state index in [0.29, 0.717) is 0 Å². The van der Waals surface area contributed by atoms with Gasteiger partial charge in [-0.15, -0.1) is 11.8 Å². The van der Waals surface area contributed by atoms with E-state index in [-0.39, 0.29) is 5.54 Å². The Morgan fingerprint density at radius 1 is 1.29 bits per heavy atom. The van der Waals surface area contributed by atoms with Gasteiger partial charge in [0.25, 0.3) is 0 Å². The molecule has 0 heterocycles. The quantitative estimate of drug-likeness (QED) is 0.780. The summed E-state index contributed by atoms with van der Waals surface area (Å²) in [7, 11) is 0. The zero-order valence-corrected chi connectivity index (χ0v) is 13.5. The SMILES string of the molecule is CCCSc1ccc(CNC(C)(C)C)c(Br)c1. The summed E-state index contributed by atoms with van der Waals surface area (Å²) >= 11 is 5.57. The molecule has 17 heavy (non-hydrogen) atoms. The molecule has 0 fully saturated rings. The van der Waals surface area contributed by atoms with Crippen molar-refractivity contribution in [3.63, 3.8) is 0 Å². The Kier molecular flexibility index (Phi) is 6.04. The van der Waals surface area contributed by atoms with Crippen LogP contribution in [0.4, 0.5) is 0 Å². The molecule has 0 saturated carbocycles. The van der Waals surface area contributed by atoms with Crippen molar-refractivity contribution in [2.75, 3.05) is 5.75 Å². The van der Waals surface area contributed by atoms with Crippen molar-refractivity contribution >= 4 is 27.7 Å². The minimum Gasteiger partial charge on any atom is -0.308 e. The summed E-state index contributed by atoms with van der Waals surface area (Å²) in [6, 6.07) is 6.64. The minimum absolute atomic E-state index is 0.162. The van der Waals surface area contributed by atoms with Gasteiger partial charge in [-0.05, 0) is 50.6 Å². The van der Waals surface area contributed by atoms with E-state index in [2.05, 4.69) is 67.1 Å². The molecule has 3 heteroatoms. The second-order valence-corrected chi connectivity index (χ2v) is 7.23. The van der Waals surface area contributed by atoms with Crippen molar-refractivity contribution in [3.8, 4) is 0 Å². The molecule has 0 radical (unpaired) electrons. The van der Waals surface area contributed by atoms with E-state index in [1.54, 1.807) is 0 Å². The number of rotatable bonds is 5. The molecule has 1 aromatic rings. The highest BCUT2D eigenvalue weighted by molar-refractivity contribution is 9.10. The van der Waals surface area contributed by atoms with Gasteiger partial charge in [-0.2, -0.15) is 0 Å². The van der Waals surface area contributed by atoms with Crippen LogP contribution < -0.4 is 5.32 Å². The number of hydrogen-bond acceptors (Lipinski definition) is 2. The predicted molar refractivity (Wildman–Crippen MR) is 81.7 cm³/mol. The van der Waals surface area contributed by atoms with E-state index in [9.17, 15) is 0 Å². The van der Waals surface area contributed by atoms with E-state index in [1.807, 2.05) is 11.8 Å². The zero-order valence-electron chi connectivity index (χ0n) is 11.1. The molecule has 0 aliphatic rings. The molecule has 0 unspecified atom stereocenters. The van der Waals surface area contributed by atoms with E-state index in [1.165, 1.54) is 27.1 Å². The highest BCUT2D eigenvalue weighted by Gasteiger charge is 2.10. The van der Waals surface area contributed by atoms with Crippen molar-refractivity contribution in [2.45, 2.75) is 51.1 Å². The number of hydrogen-bond donors (Lipinski definition) is 1. The first kappa shape index (κ1) is 15.1. The normalized spacial score (nSPS) is 11.8. The van der Waals surface area contributed by atoms with Gasteiger partial charge in [0, 0.05) is 21.5 Å². The molecular formula is C14H22BrNS. The Morgan fingerprint density at radius 3 is 2.53 bits per heavy atom. The maximum Gasteiger partial charge on any atom is 0.0231 e. The Balaban J connectivity index is 2.63. The van der Waals surface area contributed by atoms with Gasteiger partial charge in [-0.3, -0.25) is 0 Å². The van der Waals surface area contributed by atoms with E-state index >= 15 is 0 Å². The van der Waals surface area contributed by atoms with Gasteiger partial charge in [0.2, 0.25) is 0 Å². The van der Waals surface area contributed by atoms with Crippen LogP contribution in [-0.4, -0.2) is 11.3 Å². The standard InChI is InChI=1S/C14H22BrNS/c1-5-8-17-12-7-6-11(13(15)9-12)10-16-14(2,3)4/h6-7,9,16H,5,8,10H2,1-4H3. The zero-order chi connectivity index (χ0) is 12.9. The molecule has 0 bridgehead atoms. The predicted octanol–water partition coefficient (Wildman–Crippen LogP) is 4.84. The third-order valence-corrected chi connectivity index (χ3v) is 4.24. The van der Waals surface area contributed by atoms with Crippen LogP contribution in [0.25, 0.3) is 0 Å². The Labute approximate surface area is 118 Å². The van der Waals surface area contributed by atoms with E-state index in [0.717, 1.165) is 6.54 Å². The molecule has 0 aliphatic carbocycles. The first-order valence-corrected chi connectivity index (χ1v) is 7.86. The second kappa shape index (κ2) is 6.81. The fourth-order valence-electron chi connectivity index (χ4n) is 1.34. The molecule has 0 saturated heterocycles. The molecule has 1 aromatic carbocycles. The summed E-state index contributed by atoms with van der Waals surface area (Å²) in [6.07, 6.45) is 1.22. The number of benzene rings is 1. The van der Waals surface area contributed by atoms with Gasteiger partial charge in [0.15, 0.2) is 0 Å². The molecular weight excluding hydrogens is 294 g/mol. The lowest BCUT2D eigenvalue weighted by Gasteiger charge is -2.21. The lowest BCUT2D eigenvalue weighted by atomic mass is 10.1. The van der Waals surface area contributed by atoms with Crippen LogP contribution in [0.2, 0.25) is 0 Å². The largest absolute Gasteiger partial charge is 0.308 e.